The standard InChI is InChI=1S/C25H31FN2O/c1-15(25(29)28-24-13-16-2-3-19(24)12-16)17-4-6-18(7-5-17)21-10-11-27-23-9-8-20(26)14-22(21)23/h8-11,14-19,24H,2-7,12-13H2,1H3,(H,28,29)/t15-,16-,17?,18?,19+,24+/m1/s1. The van der Waals surface area contributed by atoms with Crippen molar-refractivity contribution in [3.63, 3.8) is 0 Å². The zero-order valence-corrected chi connectivity index (χ0v) is 17.2. The maximum absolute atomic E-state index is 13.8. The number of carbonyl (C=O) groups excluding carboxylic acids is 1. The molecule has 0 saturated heterocycles. The molecule has 4 atom stereocenters. The SMILES string of the molecule is C[C@@H](C(=O)N[C@H]1C[C@@H]2CC[C@H]1C2)C1CCC(c2ccnc3ccc(F)cc23)CC1. The number of benzene rings is 1. The first kappa shape index (κ1) is 19.0. The van der Waals surface area contributed by atoms with Crippen molar-refractivity contribution in [2.45, 2.75) is 70.3 Å². The Hall–Kier alpha value is -1.97. The Kier molecular flexibility index (Phi) is 5.05. The number of aromatic nitrogens is 1. The molecule has 0 unspecified atom stereocenters. The maximum Gasteiger partial charge on any atom is 0.223 e. The molecular weight excluding hydrogens is 363 g/mol. The first-order valence-electron chi connectivity index (χ1n) is 11.4. The van der Waals surface area contributed by atoms with Gasteiger partial charge in [0.25, 0.3) is 0 Å². The third-order valence-corrected chi connectivity index (χ3v) is 8.14. The fraction of sp³-hybridized carbons (Fsp3) is 0.600. The smallest absolute Gasteiger partial charge is 0.223 e. The van der Waals surface area contributed by atoms with Crippen molar-refractivity contribution in [1.82, 2.24) is 10.3 Å². The van der Waals surface area contributed by atoms with Gasteiger partial charge in [-0.1, -0.05) is 13.3 Å². The predicted octanol–water partition coefficient (Wildman–Crippen LogP) is 5.59. The van der Waals surface area contributed by atoms with Crippen molar-refractivity contribution < 1.29 is 9.18 Å². The summed E-state index contributed by atoms with van der Waals surface area (Å²) in [6.07, 6.45) is 11.3. The Morgan fingerprint density at radius 2 is 1.93 bits per heavy atom. The van der Waals surface area contributed by atoms with Crippen molar-refractivity contribution >= 4 is 16.8 Å². The zero-order valence-electron chi connectivity index (χ0n) is 17.2. The monoisotopic (exact) mass is 394 g/mol. The highest BCUT2D eigenvalue weighted by atomic mass is 19.1. The van der Waals surface area contributed by atoms with E-state index in [1.807, 2.05) is 6.20 Å². The molecule has 0 radical (unpaired) electrons. The Balaban J connectivity index is 1.21. The van der Waals surface area contributed by atoms with E-state index >= 15 is 0 Å². The third kappa shape index (κ3) is 3.67. The number of rotatable bonds is 4. The number of halogens is 1. The lowest BCUT2D eigenvalue weighted by Gasteiger charge is -2.33. The number of hydrogen-bond donors (Lipinski definition) is 1. The summed E-state index contributed by atoms with van der Waals surface area (Å²) in [5.74, 6) is 2.62. The molecule has 1 N–H and O–H groups in total. The normalized spacial score (nSPS) is 32.4. The van der Waals surface area contributed by atoms with E-state index in [4.69, 9.17) is 0 Å². The second-order valence-corrected chi connectivity index (χ2v) is 9.75. The number of nitrogens with one attached hydrogen (secondary N) is 1. The minimum atomic E-state index is -0.202. The molecule has 1 aromatic carbocycles. The lowest BCUT2D eigenvalue weighted by atomic mass is 9.73. The highest BCUT2D eigenvalue weighted by Gasteiger charge is 2.41. The molecule has 0 aliphatic heterocycles. The molecule has 0 spiro atoms. The average molecular weight is 395 g/mol. The third-order valence-electron chi connectivity index (χ3n) is 8.14. The molecule has 1 aromatic heterocycles. The summed E-state index contributed by atoms with van der Waals surface area (Å²) in [6.45, 7) is 2.12. The van der Waals surface area contributed by atoms with Gasteiger partial charge >= 0.3 is 0 Å². The molecule has 4 heteroatoms. The van der Waals surface area contributed by atoms with E-state index in [1.165, 1.54) is 37.3 Å². The lowest BCUT2D eigenvalue weighted by Crippen LogP contribution is -2.43. The lowest BCUT2D eigenvalue weighted by molar-refractivity contribution is -0.127. The molecule has 3 aliphatic carbocycles. The minimum Gasteiger partial charge on any atom is -0.353 e. The van der Waals surface area contributed by atoms with Gasteiger partial charge in [-0.3, -0.25) is 9.78 Å². The molecule has 1 amide bonds. The van der Waals surface area contributed by atoms with Gasteiger partial charge < -0.3 is 5.32 Å². The molecule has 2 aromatic rings. The molecular formula is C25H31FN2O. The first-order chi connectivity index (χ1) is 14.1. The van der Waals surface area contributed by atoms with Crippen LogP contribution in [0.15, 0.2) is 30.5 Å². The highest BCUT2D eigenvalue weighted by Crippen LogP contribution is 2.45. The number of nitrogens with zero attached hydrogens (tertiary/aromatic N) is 1. The van der Waals surface area contributed by atoms with E-state index in [0.29, 0.717) is 17.9 Å². The van der Waals surface area contributed by atoms with Crippen LogP contribution in [0.4, 0.5) is 4.39 Å². The number of amides is 1. The van der Waals surface area contributed by atoms with Gasteiger partial charge in [0.15, 0.2) is 0 Å². The quantitative estimate of drug-likeness (QED) is 0.735. The molecule has 3 fully saturated rings. The molecule has 29 heavy (non-hydrogen) atoms. The molecule has 2 bridgehead atoms. The van der Waals surface area contributed by atoms with Crippen molar-refractivity contribution in [2.75, 3.05) is 0 Å². The number of fused-ring (bicyclic) bond motifs is 3. The topological polar surface area (TPSA) is 42.0 Å². The highest BCUT2D eigenvalue weighted by molar-refractivity contribution is 5.82. The Bertz CT molecular complexity index is 905. The molecule has 5 rings (SSSR count). The van der Waals surface area contributed by atoms with Crippen LogP contribution in [-0.2, 0) is 4.79 Å². The van der Waals surface area contributed by atoms with Crippen LogP contribution in [-0.4, -0.2) is 16.9 Å². The number of pyridine rings is 1. The predicted molar refractivity (Wildman–Crippen MR) is 113 cm³/mol. The molecule has 1 heterocycles. The Morgan fingerprint density at radius 3 is 2.66 bits per heavy atom. The van der Waals surface area contributed by atoms with Crippen LogP contribution >= 0.6 is 0 Å². The Morgan fingerprint density at radius 1 is 1.10 bits per heavy atom. The van der Waals surface area contributed by atoms with E-state index in [2.05, 4.69) is 23.3 Å². The van der Waals surface area contributed by atoms with Gasteiger partial charge in [-0.2, -0.15) is 0 Å². The van der Waals surface area contributed by atoms with Crippen molar-refractivity contribution in [1.29, 1.82) is 0 Å². The van der Waals surface area contributed by atoms with Gasteiger partial charge in [0.05, 0.1) is 5.52 Å². The summed E-state index contributed by atoms with van der Waals surface area (Å²) in [7, 11) is 0. The summed E-state index contributed by atoms with van der Waals surface area (Å²) >= 11 is 0. The van der Waals surface area contributed by atoms with E-state index in [-0.39, 0.29) is 17.6 Å². The van der Waals surface area contributed by atoms with Crippen LogP contribution in [0.2, 0.25) is 0 Å². The second kappa shape index (κ2) is 7.70. The van der Waals surface area contributed by atoms with Gasteiger partial charge in [-0.15, -0.1) is 0 Å². The van der Waals surface area contributed by atoms with Crippen LogP contribution in [0.3, 0.4) is 0 Å². The van der Waals surface area contributed by atoms with E-state index in [0.717, 1.165) is 48.4 Å². The molecule has 154 valence electrons. The van der Waals surface area contributed by atoms with Crippen molar-refractivity contribution in [2.24, 2.45) is 23.7 Å². The fourth-order valence-corrected chi connectivity index (χ4v) is 6.38. The van der Waals surface area contributed by atoms with Gasteiger partial charge in [0.1, 0.15) is 5.82 Å². The summed E-state index contributed by atoms with van der Waals surface area (Å²) in [6, 6.07) is 7.35. The second-order valence-electron chi connectivity index (χ2n) is 9.75. The van der Waals surface area contributed by atoms with Crippen LogP contribution in [0, 0.1) is 29.5 Å². The number of carbonyl (C=O) groups is 1. The summed E-state index contributed by atoms with van der Waals surface area (Å²) < 4.78 is 13.8. The van der Waals surface area contributed by atoms with Crippen LogP contribution in [0.5, 0.6) is 0 Å². The van der Waals surface area contributed by atoms with Crippen molar-refractivity contribution in [3.8, 4) is 0 Å². The van der Waals surface area contributed by atoms with E-state index in [1.54, 1.807) is 12.1 Å². The number of hydrogen-bond acceptors (Lipinski definition) is 2. The van der Waals surface area contributed by atoms with Crippen LogP contribution in [0.25, 0.3) is 10.9 Å². The van der Waals surface area contributed by atoms with Gasteiger partial charge in [-0.25, -0.2) is 4.39 Å². The van der Waals surface area contributed by atoms with E-state index in [9.17, 15) is 9.18 Å². The molecule has 3 saturated carbocycles. The van der Waals surface area contributed by atoms with Gasteiger partial charge in [-0.05, 0) is 98.4 Å². The minimum absolute atomic E-state index is 0.0849. The van der Waals surface area contributed by atoms with E-state index < -0.39 is 0 Å². The Labute approximate surface area is 172 Å². The van der Waals surface area contributed by atoms with Crippen LogP contribution < -0.4 is 5.32 Å². The largest absolute Gasteiger partial charge is 0.353 e. The van der Waals surface area contributed by atoms with Crippen LogP contribution in [0.1, 0.15) is 69.8 Å². The van der Waals surface area contributed by atoms with Crippen molar-refractivity contribution in [3.05, 3.63) is 41.8 Å². The molecule has 3 aliphatic rings. The summed E-state index contributed by atoms with van der Waals surface area (Å²) in [4.78, 5) is 17.3. The fourth-order valence-electron chi connectivity index (χ4n) is 6.38. The van der Waals surface area contributed by atoms with Gasteiger partial charge in [0, 0.05) is 23.5 Å². The van der Waals surface area contributed by atoms with Gasteiger partial charge in [0.2, 0.25) is 5.91 Å². The average Bonchev–Trinajstić information content (AvgIpc) is 3.36. The zero-order chi connectivity index (χ0) is 20.0. The summed E-state index contributed by atoms with van der Waals surface area (Å²) in [5.41, 5.74) is 2.08. The maximum atomic E-state index is 13.8. The summed E-state index contributed by atoms with van der Waals surface area (Å²) in [5, 5.41) is 4.33. The molecule has 3 nitrogen and oxygen atoms in total. The first-order valence-corrected chi connectivity index (χ1v) is 11.4.